The first-order valence-electron chi connectivity index (χ1n) is 8.35. The second kappa shape index (κ2) is 8.11. The molecule has 3 rings (SSSR count). The van der Waals surface area contributed by atoms with E-state index < -0.39 is 21.9 Å². The quantitative estimate of drug-likeness (QED) is 0.834. The number of nitrogens with one attached hydrogen (secondary N) is 1. The van der Waals surface area contributed by atoms with E-state index in [1.165, 1.54) is 13.2 Å². The van der Waals surface area contributed by atoms with Crippen molar-refractivity contribution < 1.29 is 22.3 Å². The lowest BCUT2D eigenvalue weighted by Crippen LogP contribution is -2.36. The summed E-state index contributed by atoms with van der Waals surface area (Å²) >= 11 is 0. The van der Waals surface area contributed by atoms with Crippen molar-refractivity contribution in [2.45, 2.75) is 23.8 Å². The zero-order valence-corrected chi connectivity index (χ0v) is 15.2. The van der Waals surface area contributed by atoms with E-state index in [0.29, 0.717) is 13.2 Å². The van der Waals surface area contributed by atoms with E-state index in [2.05, 4.69) is 9.71 Å². The molecule has 0 bridgehead atoms. The summed E-state index contributed by atoms with van der Waals surface area (Å²) in [4.78, 5) is 3.88. The van der Waals surface area contributed by atoms with Crippen molar-refractivity contribution >= 4 is 10.0 Å². The molecule has 1 N–H and O–H groups in total. The van der Waals surface area contributed by atoms with Crippen molar-refractivity contribution in [1.29, 1.82) is 0 Å². The average molecular weight is 380 g/mol. The number of nitrogens with zero attached hydrogens (tertiary/aromatic N) is 1. The minimum Gasteiger partial charge on any atom is -0.495 e. The van der Waals surface area contributed by atoms with Gasteiger partial charge in [-0.05, 0) is 48.6 Å². The molecule has 1 atom stereocenters. The first-order chi connectivity index (χ1) is 12.5. The lowest BCUT2D eigenvalue weighted by Gasteiger charge is -2.31. The predicted molar refractivity (Wildman–Crippen MR) is 93.8 cm³/mol. The van der Waals surface area contributed by atoms with Crippen LogP contribution in [0, 0.1) is 11.7 Å². The van der Waals surface area contributed by atoms with Gasteiger partial charge in [0.1, 0.15) is 16.5 Å². The molecule has 0 saturated carbocycles. The lowest BCUT2D eigenvalue weighted by atomic mass is 9.88. The first kappa shape index (κ1) is 18.8. The Morgan fingerprint density at radius 2 is 2.08 bits per heavy atom. The summed E-state index contributed by atoms with van der Waals surface area (Å²) in [6.45, 7) is 1.15. The standard InChI is InChI=1S/C18H21FN2O4S/c1-24-16-5-4-15(19)11-17(16)26(22,23)21-18(13-6-9-25-10-7-13)14-3-2-8-20-12-14/h2-5,8,11-13,18,21H,6-7,9-10H2,1H3. The SMILES string of the molecule is COc1ccc(F)cc1S(=O)(=O)NC(c1cccnc1)C1CCOCC1. The Morgan fingerprint density at radius 1 is 1.31 bits per heavy atom. The zero-order chi connectivity index (χ0) is 18.6. The summed E-state index contributed by atoms with van der Waals surface area (Å²) in [6, 6.07) is 6.54. The monoisotopic (exact) mass is 380 g/mol. The number of hydrogen-bond acceptors (Lipinski definition) is 5. The van der Waals surface area contributed by atoms with Crippen LogP contribution in [-0.4, -0.2) is 33.7 Å². The highest BCUT2D eigenvalue weighted by Crippen LogP contribution is 2.33. The summed E-state index contributed by atoms with van der Waals surface area (Å²) in [5.41, 5.74) is 0.762. The number of hydrogen-bond donors (Lipinski definition) is 1. The van der Waals surface area contributed by atoms with Crippen LogP contribution in [0.2, 0.25) is 0 Å². The van der Waals surface area contributed by atoms with Gasteiger partial charge in [0.15, 0.2) is 0 Å². The number of pyridine rings is 1. The molecule has 1 unspecified atom stereocenters. The molecule has 6 nitrogen and oxygen atoms in total. The average Bonchev–Trinajstić information content (AvgIpc) is 2.67. The van der Waals surface area contributed by atoms with Gasteiger partial charge in [-0.2, -0.15) is 0 Å². The summed E-state index contributed by atoms with van der Waals surface area (Å²) < 4.78 is 52.8. The van der Waals surface area contributed by atoms with E-state index in [0.717, 1.165) is 30.5 Å². The fourth-order valence-corrected chi connectivity index (χ4v) is 4.61. The van der Waals surface area contributed by atoms with E-state index in [9.17, 15) is 12.8 Å². The Labute approximate surface area is 152 Å². The number of halogens is 1. The number of aromatic nitrogens is 1. The first-order valence-corrected chi connectivity index (χ1v) is 9.83. The predicted octanol–water partition coefficient (Wildman–Crippen LogP) is 2.68. The Morgan fingerprint density at radius 3 is 2.73 bits per heavy atom. The maximum absolute atomic E-state index is 13.7. The van der Waals surface area contributed by atoms with Crippen LogP contribution in [0.4, 0.5) is 4.39 Å². The molecular weight excluding hydrogens is 359 g/mol. The van der Waals surface area contributed by atoms with Crippen molar-refractivity contribution in [1.82, 2.24) is 9.71 Å². The van der Waals surface area contributed by atoms with Crippen LogP contribution in [0.15, 0.2) is 47.6 Å². The molecule has 0 aliphatic carbocycles. The Bertz CT molecular complexity index is 840. The van der Waals surface area contributed by atoms with E-state index in [-0.39, 0.29) is 16.6 Å². The minimum atomic E-state index is -4.01. The van der Waals surface area contributed by atoms with Crippen molar-refractivity contribution in [2.24, 2.45) is 5.92 Å². The van der Waals surface area contributed by atoms with Gasteiger partial charge >= 0.3 is 0 Å². The maximum atomic E-state index is 13.7. The molecule has 1 fully saturated rings. The number of benzene rings is 1. The highest BCUT2D eigenvalue weighted by Gasteiger charge is 2.31. The smallest absolute Gasteiger partial charge is 0.244 e. The molecule has 1 saturated heterocycles. The van der Waals surface area contributed by atoms with Gasteiger partial charge in [-0.15, -0.1) is 0 Å². The molecule has 2 heterocycles. The van der Waals surface area contributed by atoms with Crippen LogP contribution in [0.1, 0.15) is 24.4 Å². The Balaban J connectivity index is 1.96. The fraction of sp³-hybridized carbons (Fsp3) is 0.389. The molecule has 0 spiro atoms. The molecule has 1 aliphatic rings. The number of sulfonamides is 1. The van der Waals surface area contributed by atoms with E-state index >= 15 is 0 Å². The van der Waals surface area contributed by atoms with Crippen LogP contribution in [-0.2, 0) is 14.8 Å². The third-order valence-corrected chi connectivity index (χ3v) is 5.94. The van der Waals surface area contributed by atoms with Crippen LogP contribution < -0.4 is 9.46 Å². The number of rotatable bonds is 6. The zero-order valence-electron chi connectivity index (χ0n) is 14.4. The van der Waals surface area contributed by atoms with Gasteiger partial charge in [-0.1, -0.05) is 6.07 Å². The summed E-state index contributed by atoms with van der Waals surface area (Å²) in [5, 5.41) is 0. The molecular formula is C18H21FN2O4S. The van der Waals surface area contributed by atoms with Crippen LogP contribution in [0.3, 0.4) is 0 Å². The third-order valence-electron chi connectivity index (χ3n) is 4.48. The van der Waals surface area contributed by atoms with E-state index in [1.807, 2.05) is 6.07 Å². The van der Waals surface area contributed by atoms with Gasteiger partial charge in [-0.25, -0.2) is 17.5 Å². The maximum Gasteiger partial charge on any atom is 0.244 e. The van der Waals surface area contributed by atoms with Crippen LogP contribution in [0.25, 0.3) is 0 Å². The highest BCUT2D eigenvalue weighted by molar-refractivity contribution is 7.89. The van der Waals surface area contributed by atoms with E-state index in [4.69, 9.17) is 9.47 Å². The topological polar surface area (TPSA) is 77.5 Å². The van der Waals surface area contributed by atoms with Crippen molar-refractivity contribution in [3.63, 3.8) is 0 Å². The largest absolute Gasteiger partial charge is 0.495 e. The van der Waals surface area contributed by atoms with Gasteiger partial charge in [0.05, 0.1) is 13.2 Å². The molecule has 140 valence electrons. The molecule has 8 heteroatoms. The second-order valence-corrected chi connectivity index (χ2v) is 7.81. The second-order valence-electron chi connectivity index (χ2n) is 6.13. The minimum absolute atomic E-state index is 0.0577. The van der Waals surface area contributed by atoms with E-state index in [1.54, 1.807) is 18.5 Å². The highest BCUT2D eigenvalue weighted by atomic mass is 32.2. The molecule has 1 aromatic heterocycles. The van der Waals surface area contributed by atoms with Gasteiger partial charge in [0.2, 0.25) is 10.0 Å². The van der Waals surface area contributed by atoms with Crippen molar-refractivity contribution in [3.8, 4) is 5.75 Å². The molecule has 1 aliphatic heterocycles. The van der Waals surface area contributed by atoms with Gasteiger partial charge < -0.3 is 9.47 Å². The molecule has 1 aromatic carbocycles. The van der Waals surface area contributed by atoms with Gasteiger partial charge in [0, 0.05) is 25.6 Å². The summed E-state index contributed by atoms with van der Waals surface area (Å²) in [5.74, 6) is -0.492. The fourth-order valence-electron chi connectivity index (χ4n) is 3.14. The summed E-state index contributed by atoms with van der Waals surface area (Å²) in [7, 11) is -2.66. The molecule has 2 aromatic rings. The molecule has 0 radical (unpaired) electrons. The van der Waals surface area contributed by atoms with Crippen LogP contribution in [0.5, 0.6) is 5.75 Å². The Kier molecular flexibility index (Phi) is 5.85. The molecule has 26 heavy (non-hydrogen) atoms. The third kappa shape index (κ3) is 4.20. The van der Waals surface area contributed by atoms with Crippen LogP contribution >= 0.6 is 0 Å². The van der Waals surface area contributed by atoms with Gasteiger partial charge in [0.25, 0.3) is 0 Å². The normalized spacial score (nSPS) is 17.0. The lowest BCUT2D eigenvalue weighted by molar-refractivity contribution is 0.0564. The number of methoxy groups -OCH3 is 1. The number of ether oxygens (including phenoxy) is 2. The van der Waals surface area contributed by atoms with Crippen molar-refractivity contribution in [3.05, 3.63) is 54.1 Å². The summed E-state index contributed by atoms with van der Waals surface area (Å²) in [6.07, 6.45) is 4.73. The van der Waals surface area contributed by atoms with Gasteiger partial charge in [-0.3, -0.25) is 4.98 Å². The van der Waals surface area contributed by atoms with Crippen molar-refractivity contribution in [2.75, 3.05) is 20.3 Å². The Hall–Kier alpha value is -2.03. The molecule has 0 amide bonds.